The van der Waals surface area contributed by atoms with Gasteiger partial charge in [0.05, 0.1) is 11.0 Å². The molecular weight excluding hydrogens is 364 g/mol. The second-order valence-corrected chi connectivity index (χ2v) is 9.69. The van der Waals surface area contributed by atoms with E-state index in [0.717, 1.165) is 38.5 Å². The summed E-state index contributed by atoms with van der Waals surface area (Å²) in [5.74, 6) is 0.178. The Labute approximate surface area is 162 Å². The molecule has 1 amide bonds. The summed E-state index contributed by atoms with van der Waals surface area (Å²) in [6.07, 6.45) is 7.77. The summed E-state index contributed by atoms with van der Waals surface area (Å²) < 4.78 is 32.8. The van der Waals surface area contributed by atoms with Gasteiger partial charge in [-0.3, -0.25) is 4.79 Å². The standard InChI is InChI=1S/C20H30N2O4S/c1-16-6-5-13-22(14-16)27(24,25)19-11-9-17(10-12-19)21-20(23)15-26-18-7-3-2-4-8-18/h9-12,16,18H,2-8,13-15H2,1H3,(H,21,23)/t16-/m1/s1. The lowest BCUT2D eigenvalue weighted by Gasteiger charge is -2.30. The lowest BCUT2D eigenvalue weighted by molar-refractivity contribution is -0.123. The van der Waals surface area contributed by atoms with Crippen LogP contribution in [-0.2, 0) is 19.6 Å². The van der Waals surface area contributed by atoms with Crippen LogP contribution in [0, 0.1) is 5.92 Å². The monoisotopic (exact) mass is 394 g/mol. The van der Waals surface area contributed by atoms with E-state index in [-0.39, 0.29) is 23.5 Å². The van der Waals surface area contributed by atoms with Crippen LogP contribution in [0.2, 0.25) is 0 Å². The summed E-state index contributed by atoms with van der Waals surface area (Å²) >= 11 is 0. The van der Waals surface area contributed by atoms with Crippen molar-refractivity contribution in [2.45, 2.75) is 62.9 Å². The van der Waals surface area contributed by atoms with Gasteiger partial charge in [-0.1, -0.05) is 26.2 Å². The molecule has 0 unspecified atom stereocenters. The number of carbonyl (C=O) groups excluding carboxylic acids is 1. The zero-order valence-electron chi connectivity index (χ0n) is 16.0. The number of anilines is 1. The highest BCUT2D eigenvalue weighted by atomic mass is 32.2. The molecule has 0 radical (unpaired) electrons. The minimum atomic E-state index is -3.47. The van der Waals surface area contributed by atoms with Crippen LogP contribution in [-0.4, -0.2) is 44.4 Å². The van der Waals surface area contributed by atoms with Crippen molar-refractivity contribution in [1.82, 2.24) is 4.31 Å². The quantitative estimate of drug-likeness (QED) is 0.802. The topological polar surface area (TPSA) is 75.7 Å². The molecule has 1 N–H and O–H groups in total. The third kappa shape index (κ3) is 5.53. The van der Waals surface area contributed by atoms with E-state index in [1.54, 1.807) is 28.6 Å². The number of ether oxygens (including phenoxy) is 1. The minimum Gasteiger partial charge on any atom is -0.368 e. The second kappa shape index (κ2) is 9.17. The van der Waals surface area contributed by atoms with Crippen molar-refractivity contribution in [3.8, 4) is 0 Å². The van der Waals surface area contributed by atoms with Gasteiger partial charge in [-0.2, -0.15) is 4.31 Å². The number of hydrogen-bond donors (Lipinski definition) is 1. The fourth-order valence-corrected chi connectivity index (χ4v) is 5.44. The van der Waals surface area contributed by atoms with E-state index in [2.05, 4.69) is 12.2 Å². The third-order valence-corrected chi connectivity index (χ3v) is 7.28. The zero-order chi connectivity index (χ0) is 19.3. The van der Waals surface area contributed by atoms with Crippen LogP contribution in [0.4, 0.5) is 5.69 Å². The molecule has 1 aliphatic heterocycles. The lowest BCUT2D eigenvalue weighted by atomic mass is 9.98. The first-order valence-electron chi connectivity index (χ1n) is 9.97. The predicted octanol–water partition coefficient (Wildman–Crippen LogP) is 3.40. The van der Waals surface area contributed by atoms with Crippen LogP contribution < -0.4 is 5.32 Å². The number of hydrogen-bond acceptors (Lipinski definition) is 4. The van der Waals surface area contributed by atoms with Crippen molar-refractivity contribution >= 4 is 21.6 Å². The molecule has 1 aliphatic carbocycles. The fourth-order valence-electron chi connectivity index (χ4n) is 3.85. The molecule has 0 aromatic heterocycles. The molecule has 1 heterocycles. The Balaban J connectivity index is 1.54. The van der Waals surface area contributed by atoms with Crippen LogP contribution in [0.5, 0.6) is 0 Å². The van der Waals surface area contributed by atoms with E-state index in [9.17, 15) is 13.2 Å². The van der Waals surface area contributed by atoms with Crippen LogP contribution >= 0.6 is 0 Å². The Morgan fingerprint density at radius 1 is 1.11 bits per heavy atom. The Hall–Kier alpha value is -1.44. The highest BCUT2D eigenvalue weighted by molar-refractivity contribution is 7.89. The van der Waals surface area contributed by atoms with Crippen LogP contribution in [0.25, 0.3) is 0 Å². The van der Waals surface area contributed by atoms with Gasteiger partial charge < -0.3 is 10.1 Å². The van der Waals surface area contributed by atoms with Gasteiger partial charge in [0, 0.05) is 18.8 Å². The van der Waals surface area contributed by atoms with Gasteiger partial charge in [0.1, 0.15) is 6.61 Å². The molecule has 6 nitrogen and oxygen atoms in total. The smallest absolute Gasteiger partial charge is 0.250 e. The fraction of sp³-hybridized carbons (Fsp3) is 0.650. The van der Waals surface area contributed by atoms with Crippen LogP contribution in [0.3, 0.4) is 0 Å². The van der Waals surface area contributed by atoms with Gasteiger partial charge >= 0.3 is 0 Å². The molecule has 2 aliphatic rings. The van der Waals surface area contributed by atoms with E-state index in [4.69, 9.17) is 4.74 Å². The van der Waals surface area contributed by atoms with E-state index in [1.807, 2.05) is 0 Å². The summed E-state index contributed by atoms with van der Waals surface area (Å²) in [6.45, 7) is 3.26. The van der Waals surface area contributed by atoms with Crippen LogP contribution in [0.1, 0.15) is 51.9 Å². The van der Waals surface area contributed by atoms with E-state index < -0.39 is 10.0 Å². The summed E-state index contributed by atoms with van der Waals surface area (Å²) in [5, 5.41) is 2.77. The van der Waals surface area contributed by atoms with Crippen LogP contribution in [0.15, 0.2) is 29.2 Å². The van der Waals surface area contributed by atoms with E-state index in [1.165, 1.54) is 6.42 Å². The Kier molecular flexibility index (Phi) is 6.89. The number of benzene rings is 1. The minimum absolute atomic E-state index is 0.0381. The second-order valence-electron chi connectivity index (χ2n) is 7.75. The molecule has 1 aromatic rings. The average molecular weight is 395 g/mol. The molecule has 27 heavy (non-hydrogen) atoms. The first kappa shape index (κ1) is 20.3. The summed E-state index contributed by atoms with van der Waals surface area (Å²) in [5.41, 5.74) is 0.582. The maximum absolute atomic E-state index is 12.8. The van der Waals surface area contributed by atoms with E-state index >= 15 is 0 Å². The Morgan fingerprint density at radius 2 is 1.81 bits per heavy atom. The molecule has 3 rings (SSSR count). The van der Waals surface area contributed by atoms with Crippen molar-refractivity contribution < 1.29 is 17.9 Å². The first-order chi connectivity index (χ1) is 12.9. The normalized spacial score (nSPS) is 22.5. The Bertz CT molecular complexity index is 727. The van der Waals surface area contributed by atoms with Gasteiger partial charge in [-0.15, -0.1) is 0 Å². The molecule has 1 saturated heterocycles. The number of amides is 1. The van der Waals surface area contributed by atoms with Crippen molar-refractivity contribution in [3.63, 3.8) is 0 Å². The third-order valence-electron chi connectivity index (χ3n) is 5.40. The number of nitrogens with zero attached hydrogens (tertiary/aromatic N) is 1. The van der Waals surface area contributed by atoms with Crippen molar-refractivity contribution in [1.29, 1.82) is 0 Å². The summed E-state index contributed by atoms with van der Waals surface area (Å²) in [6, 6.07) is 6.40. The molecule has 0 spiro atoms. The van der Waals surface area contributed by atoms with Gasteiger partial charge in [-0.05, 0) is 55.9 Å². The molecule has 150 valence electrons. The maximum Gasteiger partial charge on any atom is 0.250 e. The molecule has 7 heteroatoms. The molecule has 1 saturated carbocycles. The number of sulfonamides is 1. The Morgan fingerprint density at radius 3 is 2.48 bits per heavy atom. The zero-order valence-corrected chi connectivity index (χ0v) is 16.8. The van der Waals surface area contributed by atoms with Crippen molar-refractivity contribution in [2.75, 3.05) is 25.0 Å². The molecule has 2 fully saturated rings. The first-order valence-corrected chi connectivity index (χ1v) is 11.4. The molecule has 0 bridgehead atoms. The average Bonchev–Trinajstić information content (AvgIpc) is 2.68. The van der Waals surface area contributed by atoms with Crippen molar-refractivity contribution in [2.24, 2.45) is 5.92 Å². The summed E-state index contributed by atoms with van der Waals surface area (Å²) in [4.78, 5) is 12.3. The molecule has 1 atom stereocenters. The number of carbonyl (C=O) groups is 1. The highest BCUT2D eigenvalue weighted by Gasteiger charge is 2.28. The highest BCUT2D eigenvalue weighted by Crippen LogP contribution is 2.24. The number of piperidine rings is 1. The van der Waals surface area contributed by atoms with E-state index in [0.29, 0.717) is 24.7 Å². The van der Waals surface area contributed by atoms with Gasteiger partial charge in [0.25, 0.3) is 0 Å². The van der Waals surface area contributed by atoms with Gasteiger partial charge in [0.15, 0.2) is 0 Å². The van der Waals surface area contributed by atoms with Gasteiger partial charge in [-0.25, -0.2) is 8.42 Å². The lowest BCUT2D eigenvalue weighted by Crippen LogP contribution is -2.39. The predicted molar refractivity (Wildman–Crippen MR) is 105 cm³/mol. The SMILES string of the molecule is C[C@@H]1CCCN(S(=O)(=O)c2ccc(NC(=O)COC3CCCCC3)cc2)C1. The number of nitrogens with one attached hydrogen (secondary N) is 1. The number of rotatable bonds is 6. The van der Waals surface area contributed by atoms with Gasteiger partial charge in [0.2, 0.25) is 15.9 Å². The largest absolute Gasteiger partial charge is 0.368 e. The van der Waals surface area contributed by atoms with Crippen molar-refractivity contribution in [3.05, 3.63) is 24.3 Å². The molecular formula is C20H30N2O4S. The summed E-state index contributed by atoms with van der Waals surface area (Å²) in [7, 11) is -3.47. The maximum atomic E-state index is 12.8. The molecule has 1 aromatic carbocycles.